The highest BCUT2D eigenvalue weighted by Gasteiger charge is 2.26. The van der Waals surface area contributed by atoms with Crippen molar-refractivity contribution >= 4 is 5.91 Å². The van der Waals surface area contributed by atoms with Crippen molar-refractivity contribution in [1.29, 1.82) is 0 Å². The Balaban J connectivity index is 2.02. The maximum absolute atomic E-state index is 11.7. The van der Waals surface area contributed by atoms with E-state index in [2.05, 4.69) is 42.8 Å². The number of rotatable bonds is 3. The molecule has 18 heavy (non-hydrogen) atoms. The number of amides is 1. The van der Waals surface area contributed by atoms with Crippen LogP contribution in [0.5, 0.6) is 0 Å². The molecule has 1 saturated heterocycles. The Kier molecular flexibility index (Phi) is 4.15. The fourth-order valence-corrected chi connectivity index (χ4v) is 2.38. The van der Waals surface area contributed by atoms with Gasteiger partial charge in [-0.05, 0) is 25.1 Å². The molecule has 1 heterocycles. The second kappa shape index (κ2) is 5.83. The predicted molar refractivity (Wildman–Crippen MR) is 73.3 cm³/mol. The fraction of sp³-hybridized carbons (Fsp3) is 0.400. The molecule has 1 aliphatic rings. The zero-order chi connectivity index (χ0) is 13.0. The highest BCUT2D eigenvalue weighted by atomic mass is 16.2. The second-order valence-electron chi connectivity index (χ2n) is 4.81. The maximum Gasteiger partial charge on any atom is 0.246 e. The van der Waals surface area contributed by atoms with Crippen LogP contribution in [0.4, 0.5) is 0 Å². The molecule has 1 fully saturated rings. The first-order valence-corrected chi connectivity index (χ1v) is 6.36. The van der Waals surface area contributed by atoms with Gasteiger partial charge in [-0.25, -0.2) is 0 Å². The quantitative estimate of drug-likeness (QED) is 0.753. The summed E-state index contributed by atoms with van der Waals surface area (Å²) in [5.41, 5.74) is 1.32. The summed E-state index contributed by atoms with van der Waals surface area (Å²) in [6, 6.07) is 10.8. The van der Waals surface area contributed by atoms with E-state index in [1.54, 1.807) is 0 Å². The Labute approximate surface area is 109 Å². The molecule has 3 nitrogen and oxygen atoms in total. The van der Waals surface area contributed by atoms with E-state index in [-0.39, 0.29) is 5.91 Å². The maximum atomic E-state index is 11.7. The molecule has 0 radical (unpaired) electrons. The zero-order valence-electron chi connectivity index (χ0n) is 10.9. The van der Waals surface area contributed by atoms with Gasteiger partial charge in [-0.2, -0.15) is 0 Å². The Morgan fingerprint density at radius 1 is 1.39 bits per heavy atom. The van der Waals surface area contributed by atoms with Gasteiger partial charge in [0, 0.05) is 25.7 Å². The molecule has 3 heteroatoms. The van der Waals surface area contributed by atoms with E-state index in [0.717, 1.165) is 26.1 Å². The van der Waals surface area contributed by atoms with Crippen LogP contribution in [0.2, 0.25) is 0 Å². The van der Waals surface area contributed by atoms with Crippen LogP contribution < -0.4 is 0 Å². The van der Waals surface area contributed by atoms with Crippen LogP contribution in [-0.2, 0) is 11.2 Å². The van der Waals surface area contributed by atoms with Crippen LogP contribution in [0.25, 0.3) is 0 Å². The minimum absolute atomic E-state index is 0.0427. The fourth-order valence-electron chi connectivity index (χ4n) is 2.38. The van der Waals surface area contributed by atoms with E-state index >= 15 is 0 Å². The van der Waals surface area contributed by atoms with Crippen LogP contribution in [0.1, 0.15) is 5.56 Å². The summed E-state index contributed by atoms with van der Waals surface area (Å²) < 4.78 is 0. The molecule has 0 aromatic heterocycles. The molecule has 1 aromatic rings. The smallest absolute Gasteiger partial charge is 0.246 e. The lowest BCUT2D eigenvalue weighted by atomic mass is 10.0. The summed E-state index contributed by atoms with van der Waals surface area (Å²) in [6.45, 7) is 6.07. The first-order valence-electron chi connectivity index (χ1n) is 6.36. The first-order chi connectivity index (χ1) is 8.70. The molecule has 1 aromatic carbocycles. The normalized spacial score (nSPS) is 20.7. The number of hydrogen-bond acceptors (Lipinski definition) is 2. The van der Waals surface area contributed by atoms with Gasteiger partial charge in [0.1, 0.15) is 0 Å². The molecule has 96 valence electrons. The molecular formula is C15H20N2O. The van der Waals surface area contributed by atoms with E-state index in [1.807, 2.05) is 11.0 Å². The van der Waals surface area contributed by atoms with Gasteiger partial charge in [-0.3, -0.25) is 9.69 Å². The minimum Gasteiger partial charge on any atom is -0.336 e. The van der Waals surface area contributed by atoms with Crippen molar-refractivity contribution < 1.29 is 4.79 Å². The van der Waals surface area contributed by atoms with Crippen LogP contribution >= 0.6 is 0 Å². The Bertz CT molecular complexity index is 416. The van der Waals surface area contributed by atoms with Gasteiger partial charge in [-0.15, -0.1) is 0 Å². The van der Waals surface area contributed by atoms with Crippen molar-refractivity contribution in [3.63, 3.8) is 0 Å². The highest BCUT2D eigenvalue weighted by molar-refractivity contribution is 5.87. The first kappa shape index (κ1) is 12.8. The third kappa shape index (κ3) is 2.99. The molecule has 1 atom stereocenters. The monoisotopic (exact) mass is 244 g/mol. The van der Waals surface area contributed by atoms with Crippen molar-refractivity contribution in [2.45, 2.75) is 12.5 Å². The lowest BCUT2D eigenvalue weighted by Gasteiger charge is -2.39. The second-order valence-corrected chi connectivity index (χ2v) is 4.81. The Morgan fingerprint density at radius 3 is 2.78 bits per heavy atom. The van der Waals surface area contributed by atoms with Crippen molar-refractivity contribution in [2.75, 3.05) is 26.7 Å². The van der Waals surface area contributed by atoms with Crippen molar-refractivity contribution in [3.8, 4) is 0 Å². The average Bonchev–Trinajstić information content (AvgIpc) is 2.41. The number of piperazine rings is 1. The number of nitrogens with zero attached hydrogens (tertiary/aromatic N) is 2. The lowest BCUT2D eigenvalue weighted by Crippen LogP contribution is -2.53. The standard InChI is InChI=1S/C15H20N2O/c1-3-15(18)17-10-9-16(2)14(12-17)11-13-7-5-4-6-8-13/h3-8,14H,1,9-12H2,2H3. The van der Waals surface area contributed by atoms with Gasteiger partial charge in [0.25, 0.3) is 0 Å². The SMILES string of the molecule is C=CC(=O)N1CCN(C)C(Cc2ccccc2)C1. The number of likely N-dealkylation sites (N-methyl/N-ethyl adjacent to an activating group) is 1. The zero-order valence-corrected chi connectivity index (χ0v) is 10.9. The van der Waals surface area contributed by atoms with Crippen molar-refractivity contribution in [2.24, 2.45) is 0 Å². The van der Waals surface area contributed by atoms with Crippen LogP contribution in [-0.4, -0.2) is 48.4 Å². The molecule has 0 N–H and O–H groups in total. The molecule has 2 rings (SSSR count). The van der Waals surface area contributed by atoms with Crippen molar-refractivity contribution in [3.05, 3.63) is 48.6 Å². The third-order valence-electron chi connectivity index (χ3n) is 3.58. The van der Waals surface area contributed by atoms with Crippen molar-refractivity contribution in [1.82, 2.24) is 9.80 Å². The van der Waals surface area contributed by atoms with E-state index in [1.165, 1.54) is 11.6 Å². The van der Waals surface area contributed by atoms with E-state index < -0.39 is 0 Å². The number of benzene rings is 1. The van der Waals surface area contributed by atoms with Crippen LogP contribution in [0.15, 0.2) is 43.0 Å². The molecule has 0 bridgehead atoms. The summed E-state index contributed by atoms with van der Waals surface area (Å²) in [6.07, 6.45) is 2.39. The molecule has 0 spiro atoms. The van der Waals surface area contributed by atoms with Gasteiger partial charge in [-0.1, -0.05) is 36.9 Å². The van der Waals surface area contributed by atoms with Gasteiger partial charge in [0.05, 0.1) is 0 Å². The third-order valence-corrected chi connectivity index (χ3v) is 3.58. The number of carbonyl (C=O) groups is 1. The highest BCUT2D eigenvalue weighted by Crippen LogP contribution is 2.13. The summed E-state index contributed by atoms with van der Waals surface area (Å²) in [5.74, 6) is 0.0427. The summed E-state index contributed by atoms with van der Waals surface area (Å²) in [5, 5.41) is 0. The summed E-state index contributed by atoms with van der Waals surface area (Å²) in [4.78, 5) is 15.9. The van der Waals surface area contributed by atoms with Crippen LogP contribution in [0.3, 0.4) is 0 Å². The molecule has 1 amide bonds. The molecule has 1 unspecified atom stereocenters. The summed E-state index contributed by atoms with van der Waals surface area (Å²) in [7, 11) is 2.13. The lowest BCUT2D eigenvalue weighted by molar-refractivity contribution is -0.128. The van der Waals surface area contributed by atoms with E-state index in [0.29, 0.717) is 6.04 Å². The van der Waals surface area contributed by atoms with Gasteiger partial charge in [0.15, 0.2) is 0 Å². The topological polar surface area (TPSA) is 23.6 Å². The number of hydrogen-bond donors (Lipinski definition) is 0. The van der Waals surface area contributed by atoms with Gasteiger partial charge < -0.3 is 4.90 Å². The molecular weight excluding hydrogens is 224 g/mol. The van der Waals surface area contributed by atoms with E-state index in [4.69, 9.17) is 0 Å². The number of carbonyl (C=O) groups excluding carboxylic acids is 1. The minimum atomic E-state index is 0.0427. The average molecular weight is 244 g/mol. The largest absolute Gasteiger partial charge is 0.336 e. The molecule has 0 aliphatic carbocycles. The van der Waals surface area contributed by atoms with Gasteiger partial charge in [0.2, 0.25) is 5.91 Å². The predicted octanol–water partition coefficient (Wildman–Crippen LogP) is 1.56. The summed E-state index contributed by atoms with van der Waals surface area (Å²) >= 11 is 0. The van der Waals surface area contributed by atoms with E-state index in [9.17, 15) is 4.79 Å². The Hall–Kier alpha value is -1.61. The Morgan fingerprint density at radius 2 is 2.11 bits per heavy atom. The van der Waals surface area contributed by atoms with Crippen LogP contribution in [0, 0.1) is 0 Å². The molecule has 0 saturated carbocycles. The van der Waals surface area contributed by atoms with Gasteiger partial charge >= 0.3 is 0 Å². The molecule has 1 aliphatic heterocycles.